The topological polar surface area (TPSA) is 96.6 Å². The van der Waals surface area contributed by atoms with Crippen LogP contribution in [0, 0.1) is 5.92 Å². The summed E-state index contributed by atoms with van der Waals surface area (Å²) >= 11 is 0. The van der Waals surface area contributed by atoms with Crippen molar-refractivity contribution in [3.8, 4) is 0 Å². The molecular weight excluding hydrogens is 463 g/mol. The number of aliphatic imine (C=N–C) groups is 1. The van der Waals surface area contributed by atoms with Gasteiger partial charge >= 0.3 is 0 Å². The number of primary sulfonamides is 1. The van der Waals surface area contributed by atoms with Crippen molar-refractivity contribution >= 4 is 40.0 Å². The normalized spacial score (nSPS) is 13.2. The van der Waals surface area contributed by atoms with Gasteiger partial charge in [0.25, 0.3) is 0 Å². The summed E-state index contributed by atoms with van der Waals surface area (Å²) in [5.41, 5.74) is 1.04. The van der Waals surface area contributed by atoms with E-state index in [0.717, 1.165) is 30.3 Å². The Morgan fingerprint density at radius 1 is 1.15 bits per heavy atom. The van der Waals surface area contributed by atoms with Crippen LogP contribution in [0.4, 0.5) is 0 Å². The maximum atomic E-state index is 11.2. The first-order valence-electron chi connectivity index (χ1n) is 8.81. The Bertz CT molecular complexity index is 646. The first-order valence-corrected chi connectivity index (χ1v) is 10.4. The minimum absolute atomic E-state index is 0. The Labute approximate surface area is 175 Å². The number of benzene rings is 1. The summed E-state index contributed by atoms with van der Waals surface area (Å²) in [6.07, 6.45) is 4.34. The van der Waals surface area contributed by atoms with Crippen LogP contribution in [0.25, 0.3) is 0 Å². The lowest BCUT2D eigenvalue weighted by atomic mass is 10.0. The number of sulfonamides is 1. The van der Waals surface area contributed by atoms with Gasteiger partial charge in [-0.1, -0.05) is 38.8 Å². The standard InChI is InChI=1S/C18H32N4O2S.HI/c1-14(2)6-5-7-15(3)22-18(20-4)21-13-12-16-8-10-17(11-9-16)25(19,23)24;/h8-11,14-15H,5-7,12-13H2,1-4H3,(H2,19,23,24)(H2,20,21,22);1H. The zero-order valence-electron chi connectivity index (χ0n) is 16.2. The van der Waals surface area contributed by atoms with Gasteiger partial charge in [-0.3, -0.25) is 4.99 Å². The number of nitrogens with two attached hydrogens (primary N) is 1. The highest BCUT2D eigenvalue weighted by Gasteiger charge is 2.08. The molecule has 1 atom stereocenters. The molecule has 0 saturated carbocycles. The highest BCUT2D eigenvalue weighted by Crippen LogP contribution is 2.09. The Morgan fingerprint density at radius 2 is 1.77 bits per heavy atom. The summed E-state index contributed by atoms with van der Waals surface area (Å²) in [7, 11) is -1.87. The van der Waals surface area contributed by atoms with Crippen molar-refractivity contribution in [2.75, 3.05) is 13.6 Å². The molecule has 0 radical (unpaired) electrons. The molecule has 0 amide bonds. The van der Waals surface area contributed by atoms with Gasteiger partial charge in [0.1, 0.15) is 0 Å². The average molecular weight is 496 g/mol. The third-order valence-electron chi connectivity index (χ3n) is 3.98. The molecule has 0 aromatic heterocycles. The number of nitrogens with one attached hydrogen (secondary N) is 2. The van der Waals surface area contributed by atoms with E-state index in [2.05, 4.69) is 36.4 Å². The SMILES string of the molecule is CN=C(NCCc1ccc(S(N)(=O)=O)cc1)NC(C)CCCC(C)C.I. The van der Waals surface area contributed by atoms with Crippen molar-refractivity contribution in [2.45, 2.75) is 57.4 Å². The largest absolute Gasteiger partial charge is 0.356 e. The zero-order chi connectivity index (χ0) is 18.9. The van der Waals surface area contributed by atoms with Gasteiger partial charge in [0, 0.05) is 19.6 Å². The summed E-state index contributed by atoms with van der Waals surface area (Å²) in [6, 6.07) is 7.01. The number of hydrogen-bond donors (Lipinski definition) is 3. The number of rotatable bonds is 9. The Balaban J connectivity index is 0.00000625. The number of halogens is 1. The van der Waals surface area contributed by atoms with Crippen LogP contribution in [0.3, 0.4) is 0 Å². The average Bonchev–Trinajstić information content (AvgIpc) is 2.53. The highest BCUT2D eigenvalue weighted by atomic mass is 127. The summed E-state index contributed by atoms with van der Waals surface area (Å²) in [4.78, 5) is 4.38. The van der Waals surface area contributed by atoms with Crippen LogP contribution in [0.15, 0.2) is 34.2 Å². The van der Waals surface area contributed by atoms with E-state index in [9.17, 15) is 8.42 Å². The third-order valence-corrected chi connectivity index (χ3v) is 4.91. The maximum absolute atomic E-state index is 11.2. The predicted octanol–water partition coefficient (Wildman–Crippen LogP) is 2.87. The number of hydrogen-bond acceptors (Lipinski definition) is 3. The van der Waals surface area contributed by atoms with Crippen molar-refractivity contribution in [3.63, 3.8) is 0 Å². The molecule has 0 heterocycles. The lowest BCUT2D eigenvalue weighted by Gasteiger charge is -2.18. The van der Waals surface area contributed by atoms with Crippen molar-refractivity contribution in [2.24, 2.45) is 16.0 Å². The van der Waals surface area contributed by atoms with Gasteiger partial charge in [-0.25, -0.2) is 13.6 Å². The molecule has 0 bridgehead atoms. The van der Waals surface area contributed by atoms with Gasteiger partial charge in [0.05, 0.1) is 4.90 Å². The van der Waals surface area contributed by atoms with Crippen molar-refractivity contribution in [1.29, 1.82) is 0 Å². The number of nitrogens with zero attached hydrogens (tertiary/aromatic N) is 1. The second-order valence-electron chi connectivity index (χ2n) is 6.81. The molecule has 1 rings (SSSR count). The molecule has 1 unspecified atom stereocenters. The Hall–Kier alpha value is -0.870. The zero-order valence-corrected chi connectivity index (χ0v) is 19.3. The van der Waals surface area contributed by atoms with Crippen LogP contribution < -0.4 is 15.8 Å². The second kappa shape index (κ2) is 12.5. The molecular formula is C18H33IN4O2S. The van der Waals surface area contributed by atoms with Crippen LogP contribution in [-0.4, -0.2) is 34.0 Å². The summed E-state index contributed by atoms with van der Waals surface area (Å²) in [6.45, 7) is 7.37. The van der Waals surface area contributed by atoms with E-state index in [-0.39, 0.29) is 28.9 Å². The van der Waals surface area contributed by atoms with Gasteiger partial charge in [-0.05, 0) is 43.4 Å². The Kier molecular flexibility index (Phi) is 12.1. The smallest absolute Gasteiger partial charge is 0.238 e. The van der Waals surface area contributed by atoms with Gasteiger partial charge in [0.2, 0.25) is 10.0 Å². The van der Waals surface area contributed by atoms with Crippen molar-refractivity contribution < 1.29 is 8.42 Å². The van der Waals surface area contributed by atoms with Crippen LogP contribution in [0.2, 0.25) is 0 Å². The fourth-order valence-electron chi connectivity index (χ4n) is 2.50. The van der Waals surface area contributed by atoms with E-state index in [0.29, 0.717) is 12.6 Å². The minimum atomic E-state index is -3.63. The highest BCUT2D eigenvalue weighted by molar-refractivity contribution is 14.0. The van der Waals surface area contributed by atoms with E-state index in [1.54, 1.807) is 19.2 Å². The first kappa shape index (κ1) is 25.1. The van der Waals surface area contributed by atoms with Gasteiger partial charge in [-0.2, -0.15) is 0 Å². The van der Waals surface area contributed by atoms with Gasteiger partial charge < -0.3 is 10.6 Å². The lowest BCUT2D eigenvalue weighted by molar-refractivity contribution is 0.491. The van der Waals surface area contributed by atoms with Crippen molar-refractivity contribution in [1.82, 2.24) is 10.6 Å². The molecule has 6 nitrogen and oxygen atoms in total. The molecule has 1 aromatic rings. The summed E-state index contributed by atoms with van der Waals surface area (Å²) < 4.78 is 22.5. The molecule has 0 fully saturated rings. The van der Waals surface area contributed by atoms with E-state index in [1.807, 2.05) is 0 Å². The van der Waals surface area contributed by atoms with Crippen molar-refractivity contribution in [3.05, 3.63) is 29.8 Å². The van der Waals surface area contributed by atoms with E-state index in [1.165, 1.54) is 25.0 Å². The monoisotopic (exact) mass is 496 g/mol. The lowest BCUT2D eigenvalue weighted by Crippen LogP contribution is -2.42. The van der Waals surface area contributed by atoms with Crippen LogP contribution in [0.5, 0.6) is 0 Å². The second-order valence-corrected chi connectivity index (χ2v) is 8.37. The molecule has 0 saturated heterocycles. The number of guanidine groups is 1. The van der Waals surface area contributed by atoms with Gasteiger partial charge in [0.15, 0.2) is 5.96 Å². The summed E-state index contributed by atoms with van der Waals surface area (Å²) in [5.74, 6) is 1.53. The van der Waals surface area contributed by atoms with E-state index < -0.39 is 10.0 Å². The summed E-state index contributed by atoms with van der Waals surface area (Å²) in [5, 5.41) is 11.8. The quantitative estimate of drug-likeness (QED) is 0.278. The molecule has 1 aromatic carbocycles. The fraction of sp³-hybridized carbons (Fsp3) is 0.611. The molecule has 8 heteroatoms. The predicted molar refractivity (Wildman–Crippen MR) is 120 cm³/mol. The molecule has 0 spiro atoms. The molecule has 0 aliphatic rings. The molecule has 0 aliphatic heterocycles. The van der Waals surface area contributed by atoms with Crippen LogP contribution >= 0.6 is 24.0 Å². The van der Waals surface area contributed by atoms with Crippen LogP contribution in [0.1, 0.15) is 45.6 Å². The van der Waals surface area contributed by atoms with Crippen LogP contribution in [-0.2, 0) is 16.4 Å². The molecule has 26 heavy (non-hydrogen) atoms. The Morgan fingerprint density at radius 3 is 2.27 bits per heavy atom. The fourth-order valence-corrected chi connectivity index (χ4v) is 3.02. The maximum Gasteiger partial charge on any atom is 0.238 e. The van der Waals surface area contributed by atoms with E-state index in [4.69, 9.17) is 5.14 Å². The third kappa shape index (κ3) is 10.3. The minimum Gasteiger partial charge on any atom is -0.356 e. The molecule has 150 valence electrons. The van der Waals surface area contributed by atoms with Gasteiger partial charge in [-0.15, -0.1) is 24.0 Å². The molecule has 0 aliphatic carbocycles. The van der Waals surface area contributed by atoms with E-state index >= 15 is 0 Å². The first-order chi connectivity index (χ1) is 11.7. The molecule has 4 N–H and O–H groups in total.